The van der Waals surface area contributed by atoms with Crippen LogP contribution in [0.2, 0.25) is 0 Å². The zero-order chi connectivity index (χ0) is 9.84. The first-order valence-corrected chi connectivity index (χ1v) is 4.10. The molecular formula is C9H12N2O2. The van der Waals surface area contributed by atoms with Gasteiger partial charge in [0.25, 0.3) is 0 Å². The van der Waals surface area contributed by atoms with Crippen molar-refractivity contribution in [1.82, 2.24) is 9.97 Å². The lowest BCUT2D eigenvalue weighted by atomic mass is 10.3. The lowest BCUT2D eigenvalue weighted by Gasteiger charge is -2.07. The number of carbonyl (C=O) groups excluding carboxylic acids is 1. The van der Waals surface area contributed by atoms with Crippen LogP contribution in [0.25, 0.3) is 0 Å². The Morgan fingerprint density at radius 1 is 1.38 bits per heavy atom. The molecular weight excluding hydrogens is 168 g/mol. The highest BCUT2D eigenvalue weighted by Crippen LogP contribution is 2.03. The van der Waals surface area contributed by atoms with Crippen molar-refractivity contribution in [2.24, 2.45) is 0 Å². The van der Waals surface area contributed by atoms with Crippen LogP contribution in [0, 0.1) is 6.92 Å². The number of aryl methyl sites for hydroxylation is 1. The van der Waals surface area contributed by atoms with Crippen molar-refractivity contribution < 1.29 is 9.53 Å². The predicted molar refractivity (Wildman–Crippen MR) is 47.3 cm³/mol. The first kappa shape index (κ1) is 9.64. The number of hydrogen-bond acceptors (Lipinski definition) is 4. The van der Waals surface area contributed by atoms with E-state index in [9.17, 15) is 4.79 Å². The molecule has 0 fully saturated rings. The van der Waals surface area contributed by atoms with Gasteiger partial charge in [-0.1, -0.05) is 0 Å². The fourth-order valence-corrected chi connectivity index (χ4v) is 0.878. The quantitative estimate of drug-likeness (QED) is 0.644. The van der Waals surface area contributed by atoms with Crippen LogP contribution in [0.5, 0.6) is 0 Å². The highest BCUT2D eigenvalue weighted by atomic mass is 16.5. The molecule has 0 unspecified atom stereocenters. The molecule has 70 valence electrons. The van der Waals surface area contributed by atoms with Crippen LogP contribution in [0.1, 0.15) is 30.0 Å². The number of carbonyl (C=O) groups is 1. The van der Waals surface area contributed by atoms with Crippen LogP contribution in [0.4, 0.5) is 0 Å². The van der Waals surface area contributed by atoms with E-state index in [2.05, 4.69) is 9.97 Å². The van der Waals surface area contributed by atoms with Crippen molar-refractivity contribution in [2.45, 2.75) is 26.9 Å². The molecule has 0 spiro atoms. The van der Waals surface area contributed by atoms with Crippen LogP contribution in [-0.2, 0) is 4.74 Å². The molecule has 4 nitrogen and oxygen atoms in total. The smallest absolute Gasteiger partial charge is 0.359 e. The van der Waals surface area contributed by atoms with Crippen molar-refractivity contribution >= 4 is 5.97 Å². The third-order valence-corrected chi connectivity index (χ3v) is 1.42. The highest BCUT2D eigenvalue weighted by molar-refractivity contribution is 5.88. The van der Waals surface area contributed by atoms with Crippen molar-refractivity contribution in [3.8, 4) is 0 Å². The Balaban J connectivity index is 2.83. The summed E-state index contributed by atoms with van der Waals surface area (Å²) >= 11 is 0. The maximum absolute atomic E-state index is 11.4. The van der Waals surface area contributed by atoms with Gasteiger partial charge in [0.1, 0.15) is 0 Å². The van der Waals surface area contributed by atoms with Crippen molar-refractivity contribution in [2.75, 3.05) is 0 Å². The van der Waals surface area contributed by atoms with E-state index in [0.29, 0.717) is 5.69 Å². The third kappa shape index (κ3) is 2.50. The fourth-order valence-electron chi connectivity index (χ4n) is 0.878. The number of rotatable bonds is 2. The molecule has 0 atom stereocenters. The van der Waals surface area contributed by atoms with E-state index < -0.39 is 5.97 Å². The van der Waals surface area contributed by atoms with Gasteiger partial charge in [-0.05, 0) is 20.8 Å². The van der Waals surface area contributed by atoms with Crippen molar-refractivity contribution in [3.05, 3.63) is 23.8 Å². The summed E-state index contributed by atoms with van der Waals surface area (Å²) < 4.78 is 4.98. The van der Waals surface area contributed by atoms with Gasteiger partial charge >= 0.3 is 5.97 Å². The summed E-state index contributed by atoms with van der Waals surface area (Å²) in [5.74, 6) is -0.416. The second-order valence-electron chi connectivity index (χ2n) is 2.94. The zero-order valence-electron chi connectivity index (χ0n) is 7.94. The third-order valence-electron chi connectivity index (χ3n) is 1.42. The van der Waals surface area contributed by atoms with Gasteiger partial charge in [-0.15, -0.1) is 0 Å². The minimum atomic E-state index is -0.416. The molecule has 0 N–H and O–H groups in total. The molecule has 0 bridgehead atoms. The van der Waals surface area contributed by atoms with E-state index in [-0.39, 0.29) is 11.8 Å². The van der Waals surface area contributed by atoms with Crippen molar-refractivity contribution in [3.63, 3.8) is 0 Å². The largest absolute Gasteiger partial charge is 0.458 e. The van der Waals surface area contributed by atoms with Gasteiger partial charge in [-0.3, -0.25) is 4.98 Å². The van der Waals surface area contributed by atoms with E-state index in [1.54, 1.807) is 27.0 Å². The predicted octanol–water partition coefficient (Wildman–Crippen LogP) is 1.35. The standard InChI is InChI=1S/C9H12N2O2/c1-6(2)13-9(12)8-7(3)10-4-5-11-8/h4-6H,1-3H3. The van der Waals surface area contributed by atoms with Crippen LogP contribution < -0.4 is 0 Å². The molecule has 0 saturated heterocycles. The van der Waals surface area contributed by atoms with Crippen LogP contribution in [0.15, 0.2) is 12.4 Å². The maximum atomic E-state index is 11.4. The lowest BCUT2D eigenvalue weighted by molar-refractivity contribution is 0.0369. The highest BCUT2D eigenvalue weighted by Gasteiger charge is 2.13. The van der Waals surface area contributed by atoms with Crippen LogP contribution in [0.3, 0.4) is 0 Å². The lowest BCUT2D eigenvalue weighted by Crippen LogP contribution is -2.14. The van der Waals surface area contributed by atoms with Gasteiger partial charge in [-0.25, -0.2) is 9.78 Å². The number of hydrogen-bond donors (Lipinski definition) is 0. The Morgan fingerprint density at radius 2 is 2.00 bits per heavy atom. The minimum Gasteiger partial charge on any atom is -0.458 e. The Morgan fingerprint density at radius 3 is 2.54 bits per heavy atom. The summed E-state index contributed by atoms with van der Waals surface area (Å²) in [4.78, 5) is 19.2. The normalized spacial score (nSPS) is 10.2. The molecule has 4 heteroatoms. The Labute approximate surface area is 77.0 Å². The molecule has 1 heterocycles. The van der Waals surface area contributed by atoms with E-state index in [0.717, 1.165) is 0 Å². The molecule has 1 rings (SSSR count). The fraction of sp³-hybridized carbons (Fsp3) is 0.444. The summed E-state index contributed by atoms with van der Waals surface area (Å²) in [5.41, 5.74) is 0.879. The van der Waals surface area contributed by atoms with Gasteiger partial charge in [0.05, 0.1) is 11.8 Å². The Hall–Kier alpha value is -1.45. The molecule has 0 aromatic carbocycles. The first-order valence-electron chi connectivity index (χ1n) is 4.10. The number of nitrogens with zero attached hydrogens (tertiary/aromatic N) is 2. The summed E-state index contributed by atoms with van der Waals surface area (Å²) in [6.45, 7) is 5.32. The van der Waals surface area contributed by atoms with Gasteiger partial charge < -0.3 is 4.74 Å². The molecule has 0 aliphatic carbocycles. The van der Waals surface area contributed by atoms with Gasteiger partial charge in [0.15, 0.2) is 5.69 Å². The number of ether oxygens (including phenoxy) is 1. The molecule has 0 amide bonds. The molecule has 0 aliphatic heterocycles. The monoisotopic (exact) mass is 180 g/mol. The van der Waals surface area contributed by atoms with Gasteiger partial charge in [0, 0.05) is 12.4 Å². The molecule has 0 saturated carbocycles. The first-order chi connectivity index (χ1) is 6.11. The van der Waals surface area contributed by atoms with Crippen LogP contribution >= 0.6 is 0 Å². The summed E-state index contributed by atoms with van der Waals surface area (Å²) in [6, 6.07) is 0. The van der Waals surface area contributed by atoms with Gasteiger partial charge in [-0.2, -0.15) is 0 Å². The second kappa shape index (κ2) is 3.98. The van der Waals surface area contributed by atoms with E-state index in [1.807, 2.05) is 0 Å². The summed E-state index contributed by atoms with van der Waals surface area (Å²) in [7, 11) is 0. The Bertz CT molecular complexity index is 310. The zero-order valence-corrected chi connectivity index (χ0v) is 7.94. The minimum absolute atomic E-state index is 0.131. The molecule has 0 aliphatic rings. The maximum Gasteiger partial charge on any atom is 0.359 e. The molecule has 1 aromatic heterocycles. The summed E-state index contributed by atoms with van der Waals surface area (Å²) in [5, 5.41) is 0. The van der Waals surface area contributed by atoms with E-state index >= 15 is 0 Å². The Kier molecular flexibility index (Phi) is 2.95. The molecule has 13 heavy (non-hydrogen) atoms. The average molecular weight is 180 g/mol. The summed E-state index contributed by atoms with van der Waals surface area (Å²) in [6.07, 6.45) is 2.89. The van der Waals surface area contributed by atoms with Crippen molar-refractivity contribution in [1.29, 1.82) is 0 Å². The van der Waals surface area contributed by atoms with E-state index in [1.165, 1.54) is 6.20 Å². The molecule has 1 aromatic rings. The number of esters is 1. The van der Waals surface area contributed by atoms with Gasteiger partial charge in [0.2, 0.25) is 0 Å². The second-order valence-corrected chi connectivity index (χ2v) is 2.94. The molecule has 0 radical (unpaired) electrons. The topological polar surface area (TPSA) is 52.1 Å². The number of aromatic nitrogens is 2. The van der Waals surface area contributed by atoms with E-state index in [4.69, 9.17) is 4.74 Å². The van der Waals surface area contributed by atoms with Crippen LogP contribution in [-0.4, -0.2) is 22.0 Å². The SMILES string of the molecule is Cc1nccnc1C(=O)OC(C)C. The average Bonchev–Trinajstić information content (AvgIpc) is 2.03.